The van der Waals surface area contributed by atoms with Gasteiger partial charge in [0.15, 0.2) is 0 Å². The smallest absolute Gasteiger partial charge is 0.0978 e. The molecule has 0 heterocycles. The van der Waals surface area contributed by atoms with E-state index in [2.05, 4.69) is 6.92 Å². The fraction of sp³-hybridized carbons (Fsp3) is 1.00. The highest BCUT2D eigenvalue weighted by atomic mass is 16.5. The predicted molar refractivity (Wildman–Crippen MR) is 65.4 cm³/mol. The van der Waals surface area contributed by atoms with Crippen LogP contribution in [-0.2, 0) is 9.47 Å². The molecule has 0 aliphatic rings. The maximum absolute atomic E-state index is 9.10. The maximum atomic E-state index is 9.10. The number of hydrogen-bond acceptors (Lipinski definition) is 4. The summed E-state index contributed by atoms with van der Waals surface area (Å²) in [5, 5.41) is 9.10. The van der Waals surface area contributed by atoms with Crippen LogP contribution in [0.5, 0.6) is 0 Å². The molecule has 0 aliphatic carbocycles. The van der Waals surface area contributed by atoms with Crippen molar-refractivity contribution in [2.24, 2.45) is 5.73 Å². The van der Waals surface area contributed by atoms with Gasteiger partial charge in [0.2, 0.25) is 0 Å². The Labute approximate surface area is 99.1 Å². The van der Waals surface area contributed by atoms with Crippen LogP contribution in [0, 0.1) is 0 Å². The lowest BCUT2D eigenvalue weighted by Gasteiger charge is -2.21. The van der Waals surface area contributed by atoms with Crippen LogP contribution >= 0.6 is 0 Å². The van der Waals surface area contributed by atoms with E-state index in [9.17, 15) is 0 Å². The quantitative estimate of drug-likeness (QED) is 0.528. The Balaban J connectivity index is 3.47. The Morgan fingerprint density at radius 1 is 1.19 bits per heavy atom. The van der Waals surface area contributed by atoms with Gasteiger partial charge in [0.05, 0.1) is 25.4 Å². The Kier molecular flexibility index (Phi) is 11.2. The molecule has 4 heteroatoms. The summed E-state index contributed by atoms with van der Waals surface area (Å²) in [6, 6.07) is -0.245. The number of aliphatic hydroxyl groups is 1. The van der Waals surface area contributed by atoms with Gasteiger partial charge in [-0.3, -0.25) is 0 Å². The molecule has 0 fully saturated rings. The highest BCUT2D eigenvalue weighted by Gasteiger charge is 2.16. The van der Waals surface area contributed by atoms with E-state index in [4.69, 9.17) is 20.3 Å². The van der Waals surface area contributed by atoms with Gasteiger partial charge in [-0.1, -0.05) is 32.6 Å². The summed E-state index contributed by atoms with van der Waals surface area (Å²) in [7, 11) is 1.60. The summed E-state index contributed by atoms with van der Waals surface area (Å²) in [6.45, 7) is 3.25. The van der Waals surface area contributed by atoms with Crippen molar-refractivity contribution < 1.29 is 14.6 Å². The molecule has 3 N–H and O–H groups in total. The topological polar surface area (TPSA) is 64.7 Å². The third-order valence-electron chi connectivity index (χ3n) is 2.60. The van der Waals surface area contributed by atoms with E-state index in [-0.39, 0.29) is 18.8 Å². The summed E-state index contributed by atoms with van der Waals surface area (Å²) in [4.78, 5) is 0. The molecular formula is C12H27NO3. The van der Waals surface area contributed by atoms with E-state index < -0.39 is 0 Å². The second kappa shape index (κ2) is 11.3. The molecule has 4 nitrogen and oxygen atoms in total. The first-order chi connectivity index (χ1) is 7.76. The molecule has 16 heavy (non-hydrogen) atoms. The molecule has 0 aromatic carbocycles. The van der Waals surface area contributed by atoms with Gasteiger partial charge in [-0.2, -0.15) is 0 Å². The standard InChI is InChI=1S/C12H27NO3/c1-3-4-5-6-7-8-16-12(9-14)11(13)10-15-2/h11-12,14H,3-10,13H2,1-2H3. The first-order valence-corrected chi connectivity index (χ1v) is 6.23. The Morgan fingerprint density at radius 2 is 1.88 bits per heavy atom. The van der Waals surface area contributed by atoms with Crippen molar-refractivity contribution in [2.45, 2.75) is 51.2 Å². The van der Waals surface area contributed by atoms with Crippen LogP contribution in [0.15, 0.2) is 0 Å². The molecule has 0 radical (unpaired) electrons. The molecule has 2 unspecified atom stereocenters. The Bertz CT molecular complexity index is 144. The lowest BCUT2D eigenvalue weighted by atomic mass is 10.1. The van der Waals surface area contributed by atoms with Crippen LogP contribution in [0.4, 0.5) is 0 Å². The van der Waals surface area contributed by atoms with Gasteiger partial charge in [0.25, 0.3) is 0 Å². The average molecular weight is 233 g/mol. The summed E-state index contributed by atoms with van der Waals surface area (Å²) in [5.74, 6) is 0. The van der Waals surface area contributed by atoms with Crippen molar-refractivity contribution in [3.63, 3.8) is 0 Å². The predicted octanol–water partition coefficient (Wildman–Crippen LogP) is 1.31. The summed E-state index contributed by atoms with van der Waals surface area (Å²) in [6.07, 6.45) is 5.71. The number of nitrogens with two attached hydrogens (primary N) is 1. The largest absolute Gasteiger partial charge is 0.394 e. The van der Waals surface area contributed by atoms with Gasteiger partial charge in [-0.05, 0) is 6.42 Å². The lowest BCUT2D eigenvalue weighted by molar-refractivity contribution is -0.0190. The zero-order chi connectivity index (χ0) is 12.2. The van der Waals surface area contributed by atoms with E-state index >= 15 is 0 Å². The number of rotatable bonds is 11. The normalized spacial score (nSPS) is 15.0. The number of unbranched alkanes of at least 4 members (excludes halogenated alkanes) is 4. The second-order valence-corrected chi connectivity index (χ2v) is 4.13. The number of ether oxygens (including phenoxy) is 2. The van der Waals surface area contributed by atoms with Crippen molar-refractivity contribution in [3.05, 3.63) is 0 Å². The Morgan fingerprint density at radius 3 is 2.44 bits per heavy atom. The third kappa shape index (κ3) is 8.05. The monoisotopic (exact) mass is 233 g/mol. The zero-order valence-electron chi connectivity index (χ0n) is 10.7. The van der Waals surface area contributed by atoms with E-state index in [1.807, 2.05) is 0 Å². The van der Waals surface area contributed by atoms with Crippen molar-refractivity contribution >= 4 is 0 Å². The highest BCUT2D eigenvalue weighted by Crippen LogP contribution is 2.04. The molecule has 0 amide bonds. The molecular weight excluding hydrogens is 206 g/mol. The van der Waals surface area contributed by atoms with Crippen LogP contribution in [0.3, 0.4) is 0 Å². The average Bonchev–Trinajstić information content (AvgIpc) is 2.28. The molecule has 0 aromatic rings. The van der Waals surface area contributed by atoms with Crippen LogP contribution in [0.25, 0.3) is 0 Å². The second-order valence-electron chi connectivity index (χ2n) is 4.13. The molecule has 2 atom stereocenters. The summed E-state index contributed by atoms with van der Waals surface area (Å²) < 4.78 is 10.5. The van der Waals surface area contributed by atoms with E-state index in [0.717, 1.165) is 6.42 Å². The van der Waals surface area contributed by atoms with E-state index in [1.54, 1.807) is 7.11 Å². The molecule has 0 aliphatic heterocycles. The minimum absolute atomic E-state index is 0.0422. The summed E-state index contributed by atoms with van der Waals surface area (Å²) >= 11 is 0. The molecule has 0 saturated carbocycles. The highest BCUT2D eigenvalue weighted by molar-refractivity contribution is 4.72. The molecule has 98 valence electrons. The van der Waals surface area contributed by atoms with E-state index in [0.29, 0.717) is 13.2 Å². The molecule has 0 spiro atoms. The van der Waals surface area contributed by atoms with Gasteiger partial charge in [0.1, 0.15) is 0 Å². The molecule has 0 aromatic heterocycles. The summed E-state index contributed by atoms with van der Waals surface area (Å²) in [5.41, 5.74) is 5.79. The first-order valence-electron chi connectivity index (χ1n) is 6.23. The fourth-order valence-electron chi connectivity index (χ4n) is 1.55. The van der Waals surface area contributed by atoms with Crippen molar-refractivity contribution in [1.82, 2.24) is 0 Å². The Hall–Kier alpha value is -0.160. The van der Waals surface area contributed by atoms with Crippen LogP contribution in [0.2, 0.25) is 0 Å². The molecule has 0 rings (SSSR count). The van der Waals surface area contributed by atoms with Gasteiger partial charge >= 0.3 is 0 Å². The fourth-order valence-corrected chi connectivity index (χ4v) is 1.55. The minimum atomic E-state index is -0.300. The number of methoxy groups -OCH3 is 1. The van der Waals surface area contributed by atoms with Gasteiger partial charge in [0, 0.05) is 13.7 Å². The van der Waals surface area contributed by atoms with Gasteiger partial charge in [-0.15, -0.1) is 0 Å². The maximum Gasteiger partial charge on any atom is 0.0978 e. The molecule has 0 saturated heterocycles. The number of aliphatic hydroxyl groups excluding tert-OH is 1. The zero-order valence-corrected chi connectivity index (χ0v) is 10.7. The first kappa shape index (κ1) is 15.8. The lowest BCUT2D eigenvalue weighted by Crippen LogP contribution is -2.42. The third-order valence-corrected chi connectivity index (χ3v) is 2.60. The number of hydrogen-bond donors (Lipinski definition) is 2. The van der Waals surface area contributed by atoms with Crippen LogP contribution in [-0.4, -0.2) is 44.2 Å². The van der Waals surface area contributed by atoms with Crippen molar-refractivity contribution in [3.8, 4) is 0 Å². The van der Waals surface area contributed by atoms with Crippen molar-refractivity contribution in [1.29, 1.82) is 0 Å². The van der Waals surface area contributed by atoms with E-state index in [1.165, 1.54) is 25.7 Å². The SMILES string of the molecule is CCCCCCCOC(CO)C(N)COC. The van der Waals surface area contributed by atoms with Crippen molar-refractivity contribution in [2.75, 3.05) is 26.9 Å². The van der Waals surface area contributed by atoms with Gasteiger partial charge in [-0.25, -0.2) is 0 Å². The van der Waals surface area contributed by atoms with Crippen LogP contribution in [0.1, 0.15) is 39.0 Å². The van der Waals surface area contributed by atoms with Gasteiger partial charge < -0.3 is 20.3 Å². The minimum Gasteiger partial charge on any atom is -0.394 e. The molecule has 0 bridgehead atoms. The van der Waals surface area contributed by atoms with Crippen LogP contribution < -0.4 is 5.73 Å².